The van der Waals surface area contributed by atoms with Crippen LogP contribution < -0.4 is 15.4 Å². The van der Waals surface area contributed by atoms with Crippen LogP contribution in [-0.2, 0) is 0 Å². The van der Waals surface area contributed by atoms with Crippen molar-refractivity contribution in [1.29, 1.82) is 0 Å². The lowest BCUT2D eigenvalue weighted by atomic mass is 9.83. The second-order valence-corrected chi connectivity index (χ2v) is 5.81. The van der Waals surface area contributed by atoms with Crippen molar-refractivity contribution >= 4 is 11.8 Å². The van der Waals surface area contributed by atoms with Crippen LogP contribution in [0.5, 0.6) is 5.75 Å². The minimum atomic E-state index is -0.585. The van der Waals surface area contributed by atoms with Gasteiger partial charge in [-0.15, -0.1) is 0 Å². The summed E-state index contributed by atoms with van der Waals surface area (Å²) in [6.45, 7) is 6.39. The van der Waals surface area contributed by atoms with Crippen LogP contribution in [0.2, 0.25) is 0 Å². The van der Waals surface area contributed by atoms with E-state index in [1.165, 1.54) is 0 Å². The van der Waals surface area contributed by atoms with Gasteiger partial charge in [-0.3, -0.25) is 4.79 Å². The SMILES string of the molecule is C=C1NC(=O)N[C@@H](c2ccc(OCC)cc2)[C@@H]1C(=O)c1ccccc1. The van der Waals surface area contributed by atoms with Crippen molar-refractivity contribution in [3.05, 3.63) is 78.0 Å². The Morgan fingerprint density at radius 1 is 1.12 bits per heavy atom. The fourth-order valence-corrected chi connectivity index (χ4v) is 2.99. The smallest absolute Gasteiger partial charge is 0.319 e. The molecule has 5 nitrogen and oxygen atoms in total. The molecule has 0 saturated carbocycles. The van der Waals surface area contributed by atoms with Crippen LogP contribution in [0, 0.1) is 5.92 Å². The highest BCUT2D eigenvalue weighted by atomic mass is 16.5. The maximum atomic E-state index is 13.0. The summed E-state index contributed by atoms with van der Waals surface area (Å²) in [5, 5.41) is 5.46. The van der Waals surface area contributed by atoms with E-state index < -0.39 is 12.0 Å². The summed E-state index contributed by atoms with van der Waals surface area (Å²) in [4.78, 5) is 24.9. The summed E-state index contributed by atoms with van der Waals surface area (Å²) < 4.78 is 5.45. The number of benzene rings is 2. The number of nitrogens with one attached hydrogen (secondary N) is 2. The average Bonchev–Trinajstić information content (AvgIpc) is 2.62. The molecule has 0 unspecified atom stereocenters. The molecule has 3 rings (SSSR count). The Labute approximate surface area is 146 Å². The van der Waals surface area contributed by atoms with Gasteiger partial charge in [-0.1, -0.05) is 49.0 Å². The van der Waals surface area contributed by atoms with E-state index in [-0.39, 0.29) is 11.8 Å². The zero-order valence-electron chi connectivity index (χ0n) is 14.0. The van der Waals surface area contributed by atoms with E-state index in [4.69, 9.17) is 4.74 Å². The van der Waals surface area contributed by atoms with Crippen molar-refractivity contribution in [1.82, 2.24) is 10.6 Å². The monoisotopic (exact) mass is 336 g/mol. The van der Waals surface area contributed by atoms with Gasteiger partial charge in [0.25, 0.3) is 0 Å². The molecule has 2 atom stereocenters. The Hall–Kier alpha value is -3.08. The molecule has 1 saturated heterocycles. The number of ether oxygens (including phenoxy) is 1. The number of urea groups is 1. The minimum Gasteiger partial charge on any atom is -0.494 e. The van der Waals surface area contributed by atoms with Crippen molar-refractivity contribution in [2.75, 3.05) is 6.61 Å². The maximum Gasteiger partial charge on any atom is 0.319 e. The van der Waals surface area contributed by atoms with Crippen LogP contribution in [0.1, 0.15) is 28.9 Å². The molecule has 0 bridgehead atoms. The van der Waals surface area contributed by atoms with E-state index in [2.05, 4.69) is 17.2 Å². The lowest BCUT2D eigenvalue weighted by molar-refractivity contribution is 0.0905. The lowest BCUT2D eigenvalue weighted by Crippen LogP contribution is -2.50. The molecule has 1 aliphatic rings. The van der Waals surface area contributed by atoms with Crippen LogP contribution in [0.25, 0.3) is 0 Å². The lowest BCUT2D eigenvalue weighted by Gasteiger charge is -2.34. The quantitative estimate of drug-likeness (QED) is 0.822. The van der Waals surface area contributed by atoms with E-state index in [0.29, 0.717) is 17.9 Å². The van der Waals surface area contributed by atoms with Gasteiger partial charge in [-0.25, -0.2) is 4.79 Å². The van der Waals surface area contributed by atoms with E-state index in [9.17, 15) is 9.59 Å². The number of hydrogen-bond acceptors (Lipinski definition) is 3. The van der Waals surface area contributed by atoms with Gasteiger partial charge in [0.2, 0.25) is 0 Å². The summed E-state index contributed by atoms with van der Waals surface area (Å²) in [6, 6.07) is 15.6. The van der Waals surface area contributed by atoms with Gasteiger partial charge in [-0.2, -0.15) is 0 Å². The predicted octanol–water partition coefficient (Wildman–Crippen LogP) is 3.45. The second kappa shape index (κ2) is 7.21. The van der Waals surface area contributed by atoms with Crippen molar-refractivity contribution in [3.63, 3.8) is 0 Å². The number of Topliss-reactive ketones (excluding diaryl/α,β-unsaturated/α-hetero) is 1. The number of rotatable bonds is 5. The number of amides is 2. The number of carbonyl (C=O) groups is 2. The van der Waals surface area contributed by atoms with E-state index in [1.807, 2.05) is 49.4 Å². The molecule has 25 heavy (non-hydrogen) atoms. The van der Waals surface area contributed by atoms with Crippen molar-refractivity contribution in [2.45, 2.75) is 13.0 Å². The van der Waals surface area contributed by atoms with Gasteiger partial charge in [0.1, 0.15) is 5.75 Å². The highest BCUT2D eigenvalue weighted by Crippen LogP contribution is 2.32. The molecule has 0 aromatic heterocycles. The van der Waals surface area contributed by atoms with Crippen molar-refractivity contribution in [2.24, 2.45) is 5.92 Å². The first-order valence-electron chi connectivity index (χ1n) is 8.18. The first kappa shape index (κ1) is 16.8. The molecule has 2 amide bonds. The van der Waals surface area contributed by atoms with E-state index in [1.54, 1.807) is 12.1 Å². The highest BCUT2D eigenvalue weighted by molar-refractivity contribution is 6.01. The minimum absolute atomic E-state index is 0.0861. The number of carbonyl (C=O) groups excluding carboxylic acids is 2. The summed E-state index contributed by atoms with van der Waals surface area (Å²) >= 11 is 0. The van der Waals surface area contributed by atoms with Crippen LogP contribution in [0.3, 0.4) is 0 Å². The van der Waals surface area contributed by atoms with Gasteiger partial charge in [-0.05, 0) is 24.6 Å². The summed E-state index contributed by atoms with van der Waals surface area (Å²) in [5.74, 6) is 0.0753. The molecule has 2 aromatic carbocycles. The molecule has 2 aromatic rings. The second-order valence-electron chi connectivity index (χ2n) is 5.81. The Balaban J connectivity index is 1.94. The van der Waals surface area contributed by atoms with E-state index in [0.717, 1.165) is 11.3 Å². The topological polar surface area (TPSA) is 67.4 Å². The summed E-state index contributed by atoms with van der Waals surface area (Å²) in [6.07, 6.45) is 0. The van der Waals surface area contributed by atoms with Crippen LogP contribution >= 0.6 is 0 Å². The molecular weight excluding hydrogens is 316 g/mol. The average molecular weight is 336 g/mol. The van der Waals surface area contributed by atoms with Gasteiger partial charge in [0, 0.05) is 11.3 Å². The third-order valence-electron chi connectivity index (χ3n) is 4.16. The van der Waals surface area contributed by atoms with Gasteiger partial charge in [0.05, 0.1) is 18.6 Å². The number of ketones is 1. The Kier molecular flexibility index (Phi) is 4.84. The fraction of sp³-hybridized carbons (Fsp3) is 0.200. The van der Waals surface area contributed by atoms with Gasteiger partial charge >= 0.3 is 6.03 Å². The van der Waals surface area contributed by atoms with Crippen molar-refractivity contribution in [3.8, 4) is 5.75 Å². The molecule has 1 aliphatic heterocycles. The molecule has 1 heterocycles. The van der Waals surface area contributed by atoms with Gasteiger partial charge in [0.15, 0.2) is 5.78 Å². The first-order valence-corrected chi connectivity index (χ1v) is 8.18. The summed E-state index contributed by atoms with van der Waals surface area (Å²) in [7, 11) is 0. The Bertz CT molecular complexity index is 784. The van der Waals surface area contributed by atoms with Crippen LogP contribution in [-0.4, -0.2) is 18.4 Å². The Morgan fingerprint density at radius 3 is 2.44 bits per heavy atom. The van der Waals surface area contributed by atoms with E-state index >= 15 is 0 Å². The molecule has 0 spiro atoms. The third kappa shape index (κ3) is 3.55. The van der Waals surface area contributed by atoms with Crippen molar-refractivity contribution < 1.29 is 14.3 Å². The molecular formula is C20H20N2O3. The standard InChI is InChI=1S/C20H20N2O3/c1-3-25-16-11-9-14(10-12-16)18-17(13(2)21-20(24)22-18)19(23)15-7-5-4-6-8-15/h4-12,17-18H,2-3H2,1H3,(H2,21,22,24)/t17-,18+/m1/s1. The molecule has 128 valence electrons. The molecule has 1 fully saturated rings. The fourth-order valence-electron chi connectivity index (χ4n) is 2.99. The number of hydrogen-bond donors (Lipinski definition) is 2. The Morgan fingerprint density at radius 2 is 1.80 bits per heavy atom. The van der Waals surface area contributed by atoms with Gasteiger partial charge < -0.3 is 15.4 Å². The molecule has 5 heteroatoms. The maximum absolute atomic E-state index is 13.0. The van der Waals surface area contributed by atoms with Crippen LogP contribution in [0.4, 0.5) is 4.79 Å². The zero-order chi connectivity index (χ0) is 17.8. The zero-order valence-corrected chi connectivity index (χ0v) is 14.0. The van der Waals surface area contributed by atoms with Crippen LogP contribution in [0.15, 0.2) is 66.9 Å². The summed E-state index contributed by atoms with van der Waals surface area (Å²) in [5.41, 5.74) is 1.81. The largest absolute Gasteiger partial charge is 0.494 e. The molecule has 0 aliphatic carbocycles. The third-order valence-corrected chi connectivity index (χ3v) is 4.16. The molecule has 2 N–H and O–H groups in total. The first-order chi connectivity index (χ1) is 12.1. The predicted molar refractivity (Wildman–Crippen MR) is 95.4 cm³/mol. The normalized spacial score (nSPS) is 19.7. The molecule has 0 radical (unpaired) electrons. The highest BCUT2D eigenvalue weighted by Gasteiger charge is 2.37.